The number of aromatic nitrogens is 4. The molecule has 0 spiro atoms. The Morgan fingerprint density at radius 1 is 1.37 bits per heavy atom. The van der Waals surface area contributed by atoms with Crippen LogP contribution in [0.2, 0.25) is 0 Å². The third kappa shape index (κ3) is 2.03. The second-order valence-electron chi connectivity index (χ2n) is 5.13. The molecule has 1 aliphatic carbocycles. The van der Waals surface area contributed by atoms with E-state index in [1.54, 1.807) is 7.11 Å². The molecule has 0 atom stereocenters. The summed E-state index contributed by atoms with van der Waals surface area (Å²) in [7, 11) is 1.60. The number of hydrogen-bond donors (Lipinski definition) is 1. The molecule has 0 saturated heterocycles. The molecule has 6 heteroatoms. The van der Waals surface area contributed by atoms with Gasteiger partial charge in [-0.05, 0) is 47.4 Å². The molecule has 2 N–H and O–H groups in total. The highest BCUT2D eigenvalue weighted by molar-refractivity contribution is 5.65. The maximum absolute atomic E-state index is 5.82. The predicted molar refractivity (Wildman–Crippen MR) is 71.7 cm³/mol. The van der Waals surface area contributed by atoms with Gasteiger partial charge in [-0.1, -0.05) is 6.92 Å². The molecule has 0 radical (unpaired) electrons. The first-order valence-electron chi connectivity index (χ1n) is 6.40. The molecule has 0 unspecified atom stereocenters. The minimum atomic E-state index is 0.406. The maximum Gasteiger partial charge on any atom is 0.182 e. The van der Waals surface area contributed by atoms with Crippen molar-refractivity contribution in [2.24, 2.45) is 5.92 Å². The predicted octanol–water partition coefficient (Wildman–Crippen LogP) is 1.90. The molecule has 100 valence electrons. The summed E-state index contributed by atoms with van der Waals surface area (Å²) in [4.78, 5) is 0. The molecule has 0 aliphatic heterocycles. The summed E-state index contributed by atoms with van der Waals surface area (Å²) in [5.41, 5.74) is 7.36. The normalized spacial score (nSPS) is 22.0. The largest absolute Gasteiger partial charge is 0.495 e. The fraction of sp³-hybridized carbons (Fsp3) is 0.462. The van der Waals surface area contributed by atoms with Gasteiger partial charge in [0.1, 0.15) is 5.75 Å². The van der Waals surface area contributed by atoms with Gasteiger partial charge >= 0.3 is 0 Å². The lowest BCUT2D eigenvalue weighted by molar-refractivity contribution is 0.199. The van der Waals surface area contributed by atoms with Crippen LogP contribution in [0.25, 0.3) is 11.4 Å². The summed E-state index contributed by atoms with van der Waals surface area (Å²) < 4.78 is 7.15. The van der Waals surface area contributed by atoms with Crippen LogP contribution in [0, 0.1) is 5.92 Å². The summed E-state index contributed by atoms with van der Waals surface area (Å²) >= 11 is 0. The van der Waals surface area contributed by atoms with Crippen LogP contribution in [0.5, 0.6) is 5.75 Å². The van der Waals surface area contributed by atoms with Crippen molar-refractivity contribution in [1.82, 2.24) is 20.2 Å². The average Bonchev–Trinajstić information content (AvgIpc) is 2.84. The van der Waals surface area contributed by atoms with Crippen molar-refractivity contribution in [3.05, 3.63) is 18.2 Å². The first-order chi connectivity index (χ1) is 9.19. The van der Waals surface area contributed by atoms with Gasteiger partial charge in [0.2, 0.25) is 0 Å². The second kappa shape index (κ2) is 4.53. The number of anilines is 1. The Balaban J connectivity index is 1.96. The molecule has 0 amide bonds. The Bertz CT molecular complexity index is 588. The number of methoxy groups -OCH3 is 1. The van der Waals surface area contributed by atoms with Crippen molar-refractivity contribution in [3.8, 4) is 17.1 Å². The van der Waals surface area contributed by atoms with Crippen molar-refractivity contribution >= 4 is 5.69 Å². The third-order valence-electron chi connectivity index (χ3n) is 3.68. The minimum Gasteiger partial charge on any atom is -0.495 e. The molecule has 1 fully saturated rings. The number of nitrogens with two attached hydrogens (primary N) is 1. The smallest absolute Gasteiger partial charge is 0.182 e. The van der Waals surface area contributed by atoms with E-state index >= 15 is 0 Å². The van der Waals surface area contributed by atoms with Gasteiger partial charge in [-0.2, -0.15) is 0 Å². The molecule has 1 aromatic heterocycles. The number of tetrazole rings is 1. The molecule has 1 aromatic carbocycles. The van der Waals surface area contributed by atoms with Gasteiger partial charge in [0.05, 0.1) is 18.8 Å². The van der Waals surface area contributed by atoms with Crippen LogP contribution in [0.1, 0.15) is 25.8 Å². The number of nitrogens with zero attached hydrogens (tertiary/aromatic N) is 4. The van der Waals surface area contributed by atoms with Gasteiger partial charge in [-0.3, -0.25) is 0 Å². The van der Waals surface area contributed by atoms with Crippen LogP contribution in [0.3, 0.4) is 0 Å². The number of ether oxygens (including phenoxy) is 1. The molecule has 1 heterocycles. The number of nitrogen functional groups attached to an aromatic ring is 1. The van der Waals surface area contributed by atoms with E-state index in [4.69, 9.17) is 10.5 Å². The van der Waals surface area contributed by atoms with E-state index in [-0.39, 0.29) is 0 Å². The molecule has 3 rings (SSSR count). The van der Waals surface area contributed by atoms with Gasteiger partial charge in [0.25, 0.3) is 0 Å². The maximum atomic E-state index is 5.82. The lowest BCUT2D eigenvalue weighted by atomic mass is 9.82. The van der Waals surface area contributed by atoms with Crippen LogP contribution in [0.4, 0.5) is 5.69 Å². The summed E-state index contributed by atoms with van der Waals surface area (Å²) in [6.45, 7) is 2.24. The summed E-state index contributed by atoms with van der Waals surface area (Å²) in [5, 5.41) is 12.0. The van der Waals surface area contributed by atoms with E-state index < -0.39 is 0 Å². The van der Waals surface area contributed by atoms with Crippen LogP contribution < -0.4 is 10.5 Å². The van der Waals surface area contributed by atoms with Crippen molar-refractivity contribution in [1.29, 1.82) is 0 Å². The van der Waals surface area contributed by atoms with E-state index in [1.807, 2.05) is 22.9 Å². The molecule has 0 bridgehead atoms. The van der Waals surface area contributed by atoms with Crippen molar-refractivity contribution in [3.63, 3.8) is 0 Å². The Morgan fingerprint density at radius 3 is 2.84 bits per heavy atom. The quantitative estimate of drug-likeness (QED) is 0.852. The highest BCUT2D eigenvalue weighted by Gasteiger charge is 2.30. The van der Waals surface area contributed by atoms with E-state index in [0.717, 1.165) is 30.1 Å². The average molecular weight is 259 g/mol. The topological polar surface area (TPSA) is 78.9 Å². The molecule has 1 aliphatic rings. The Morgan fingerprint density at radius 2 is 2.16 bits per heavy atom. The zero-order chi connectivity index (χ0) is 13.4. The van der Waals surface area contributed by atoms with Gasteiger partial charge in [-0.15, -0.1) is 5.10 Å². The van der Waals surface area contributed by atoms with Gasteiger partial charge in [0, 0.05) is 5.56 Å². The Hall–Kier alpha value is -2.11. The van der Waals surface area contributed by atoms with Gasteiger partial charge < -0.3 is 10.5 Å². The molecular formula is C13H17N5O. The molecule has 2 aromatic rings. The van der Waals surface area contributed by atoms with Crippen LogP contribution in [-0.4, -0.2) is 27.3 Å². The molecule has 1 saturated carbocycles. The number of rotatable bonds is 3. The summed E-state index contributed by atoms with van der Waals surface area (Å²) in [6.07, 6.45) is 2.26. The first kappa shape index (κ1) is 12.0. The second-order valence-corrected chi connectivity index (χ2v) is 5.13. The molecular weight excluding hydrogens is 242 g/mol. The molecule has 19 heavy (non-hydrogen) atoms. The SMILES string of the molecule is COc1cc(-c2nnnn2C2CC(C)C2)ccc1N. The summed E-state index contributed by atoms with van der Waals surface area (Å²) in [5.74, 6) is 2.17. The Kier molecular flexibility index (Phi) is 2.85. The standard InChI is InChI=1S/C13H17N5O/c1-8-5-10(6-8)18-13(15-16-17-18)9-3-4-11(14)12(7-9)19-2/h3-4,7-8,10H,5-6,14H2,1-2H3. The number of benzene rings is 1. The molecule has 6 nitrogen and oxygen atoms in total. The van der Waals surface area contributed by atoms with Gasteiger partial charge in [0.15, 0.2) is 5.82 Å². The monoisotopic (exact) mass is 259 g/mol. The first-order valence-corrected chi connectivity index (χ1v) is 6.40. The Labute approximate surface area is 111 Å². The van der Waals surface area contributed by atoms with Crippen LogP contribution in [-0.2, 0) is 0 Å². The fourth-order valence-corrected chi connectivity index (χ4v) is 2.54. The van der Waals surface area contributed by atoms with Crippen molar-refractivity contribution in [2.75, 3.05) is 12.8 Å². The van der Waals surface area contributed by atoms with E-state index in [0.29, 0.717) is 17.5 Å². The fourth-order valence-electron chi connectivity index (χ4n) is 2.54. The van der Waals surface area contributed by atoms with Crippen LogP contribution >= 0.6 is 0 Å². The lowest BCUT2D eigenvalue weighted by Crippen LogP contribution is -2.26. The third-order valence-corrected chi connectivity index (χ3v) is 3.68. The zero-order valence-electron chi connectivity index (χ0n) is 11.1. The van der Waals surface area contributed by atoms with Gasteiger partial charge in [-0.25, -0.2) is 4.68 Å². The number of hydrogen-bond acceptors (Lipinski definition) is 5. The van der Waals surface area contributed by atoms with Crippen molar-refractivity contribution in [2.45, 2.75) is 25.8 Å². The highest BCUT2D eigenvalue weighted by Crippen LogP contribution is 2.39. The van der Waals surface area contributed by atoms with E-state index in [9.17, 15) is 0 Å². The van der Waals surface area contributed by atoms with E-state index in [1.165, 1.54) is 0 Å². The summed E-state index contributed by atoms with van der Waals surface area (Å²) in [6, 6.07) is 6.02. The zero-order valence-corrected chi connectivity index (χ0v) is 11.1. The minimum absolute atomic E-state index is 0.406. The van der Waals surface area contributed by atoms with E-state index in [2.05, 4.69) is 22.4 Å². The highest BCUT2D eigenvalue weighted by atomic mass is 16.5. The van der Waals surface area contributed by atoms with Crippen LogP contribution in [0.15, 0.2) is 18.2 Å². The van der Waals surface area contributed by atoms with Crippen molar-refractivity contribution < 1.29 is 4.74 Å². The lowest BCUT2D eigenvalue weighted by Gasteiger charge is -2.32.